The summed E-state index contributed by atoms with van der Waals surface area (Å²) in [7, 11) is 2.12. The van der Waals surface area contributed by atoms with Gasteiger partial charge in [-0.1, -0.05) is 24.8 Å². The molecule has 1 aromatic heterocycles. The number of carbonyl (C=O) groups excluding carboxylic acids is 1. The van der Waals surface area contributed by atoms with Gasteiger partial charge in [0.05, 0.1) is 29.4 Å². The number of nitrogens with two attached hydrogens (primary N) is 1. The van der Waals surface area contributed by atoms with Crippen LogP contribution in [0.1, 0.15) is 28.0 Å². The van der Waals surface area contributed by atoms with Gasteiger partial charge in [0, 0.05) is 36.3 Å². The predicted molar refractivity (Wildman–Crippen MR) is 126 cm³/mol. The number of nitriles is 1. The number of likely N-dealkylation sites (N-methyl/N-ethyl adjacent to an activating group) is 1. The number of nitrogen functional groups attached to an aromatic ring is 1. The van der Waals surface area contributed by atoms with Crippen LogP contribution in [0.2, 0.25) is 0 Å². The molecule has 0 aliphatic carbocycles. The van der Waals surface area contributed by atoms with Crippen molar-refractivity contribution < 1.29 is 4.79 Å². The molecule has 7 nitrogen and oxygen atoms in total. The van der Waals surface area contributed by atoms with Crippen LogP contribution in [-0.4, -0.2) is 52.6 Å². The van der Waals surface area contributed by atoms with E-state index < -0.39 is 0 Å². The monoisotopic (exact) mass is 424 g/mol. The summed E-state index contributed by atoms with van der Waals surface area (Å²) in [5.41, 5.74) is 13.6. The summed E-state index contributed by atoms with van der Waals surface area (Å²) >= 11 is 0. The zero-order valence-electron chi connectivity index (χ0n) is 18.0. The van der Waals surface area contributed by atoms with E-state index in [1.54, 1.807) is 11.0 Å². The molecule has 160 valence electrons. The quantitative estimate of drug-likeness (QED) is 0.492. The number of nitrogens with zero attached hydrogens (tertiary/aromatic N) is 4. The third kappa shape index (κ3) is 3.26. The van der Waals surface area contributed by atoms with Crippen molar-refractivity contribution >= 4 is 28.1 Å². The Bertz CT molecular complexity index is 1340. The van der Waals surface area contributed by atoms with Crippen LogP contribution in [-0.2, 0) is 6.54 Å². The second kappa shape index (κ2) is 7.66. The lowest BCUT2D eigenvalue weighted by atomic mass is 9.94. The molecule has 2 aliphatic rings. The van der Waals surface area contributed by atoms with E-state index in [0.29, 0.717) is 23.4 Å². The summed E-state index contributed by atoms with van der Waals surface area (Å²) in [6.07, 6.45) is 3.20. The van der Waals surface area contributed by atoms with E-state index in [-0.39, 0.29) is 12.5 Å². The summed E-state index contributed by atoms with van der Waals surface area (Å²) in [5.74, 6) is -0.155. The van der Waals surface area contributed by atoms with E-state index in [4.69, 9.17) is 11.0 Å². The number of aromatic amines is 1. The third-order valence-electron chi connectivity index (χ3n) is 6.33. The minimum Gasteiger partial charge on any atom is -0.398 e. The molecule has 0 radical (unpaired) electrons. The highest BCUT2D eigenvalue weighted by Crippen LogP contribution is 2.38. The molecular formula is C25H24N6O. The summed E-state index contributed by atoms with van der Waals surface area (Å²) in [6, 6.07) is 12.0. The van der Waals surface area contributed by atoms with Crippen molar-refractivity contribution in [3.05, 3.63) is 65.4 Å². The number of hydrogen-bond acceptors (Lipinski definition) is 5. The van der Waals surface area contributed by atoms with Gasteiger partial charge in [-0.2, -0.15) is 10.4 Å². The van der Waals surface area contributed by atoms with E-state index >= 15 is 0 Å². The van der Waals surface area contributed by atoms with Gasteiger partial charge in [-0.25, -0.2) is 0 Å². The number of hydrogen-bond donors (Lipinski definition) is 2. The van der Waals surface area contributed by atoms with Crippen molar-refractivity contribution in [1.82, 2.24) is 20.0 Å². The standard InChI is InChI=1S/C25H24N6O/c1-15(12-26)13-31-14-20-18(4-5-21(27)23(20)25(31)32)17-3-6-22-19(11-17)24(29-28-22)16-7-9-30(2)10-8-16/h3-7,11H,1,8-10,13-14,27H2,2H3,(H,28,29). The number of benzene rings is 2. The smallest absolute Gasteiger partial charge is 0.256 e. The van der Waals surface area contributed by atoms with Gasteiger partial charge >= 0.3 is 0 Å². The van der Waals surface area contributed by atoms with Crippen LogP contribution in [0.5, 0.6) is 0 Å². The Labute approximate surface area is 186 Å². The molecule has 0 unspecified atom stereocenters. The van der Waals surface area contributed by atoms with Gasteiger partial charge in [0.25, 0.3) is 5.91 Å². The number of amides is 1. The van der Waals surface area contributed by atoms with Crippen molar-refractivity contribution in [2.24, 2.45) is 0 Å². The Balaban J connectivity index is 1.58. The summed E-state index contributed by atoms with van der Waals surface area (Å²) in [4.78, 5) is 16.9. The Morgan fingerprint density at radius 2 is 2.19 bits per heavy atom. The molecule has 2 aromatic carbocycles. The number of fused-ring (bicyclic) bond motifs is 2. The lowest BCUT2D eigenvalue weighted by Gasteiger charge is -2.21. The summed E-state index contributed by atoms with van der Waals surface area (Å²) in [5, 5.41) is 17.9. The number of anilines is 1. The molecule has 7 heteroatoms. The average molecular weight is 425 g/mol. The topological polar surface area (TPSA) is 102 Å². The van der Waals surface area contributed by atoms with Crippen LogP contribution in [0.3, 0.4) is 0 Å². The first-order valence-electron chi connectivity index (χ1n) is 10.6. The van der Waals surface area contributed by atoms with Crippen LogP contribution in [0.25, 0.3) is 27.6 Å². The van der Waals surface area contributed by atoms with Gasteiger partial charge in [-0.05, 0) is 53.9 Å². The van der Waals surface area contributed by atoms with Crippen LogP contribution in [0.4, 0.5) is 5.69 Å². The Morgan fingerprint density at radius 3 is 2.94 bits per heavy atom. The summed E-state index contributed by atoms with van der Waals surface area (Å²) < 4.78 is 0. The minimum absolute atomic E-state index is 0.155. The molecule has 0 atom stereocenters. The number of nitrogens with one attached hydrogen (secondary N) is 1. The lowest BCUT2D eigenvalue weighted by molar-refractivity contribution is 0.0794. The normalized spacial score (nSPS) is 16.2. The van der Waals surface area contributed by atoms with Crippen molar-refractivity contribution in [3.63, 3.8) is 0 Å². The number of aromatic nitrogens is 2. The fraction of sp³-hybridized carbons (Fsp3) is 0.240. The maximum Gasteiger partial charge on any atom is 0.256 e. The first-order valence-corrected chi connectivity index (χ1v) is 10.6. The Hall–Kier alpha value is -3.89. The second-order valence-corrected chi connectivity index (χ2v) is 8.51. The fourth-order valence-corrected chi connectivity index (χ4v) is 4.58. The molecule has 0 saturated carbocycles. The molecular weight excluding hydrogens is 400 g/mol. The molecule has 0 bridgehead atoms. The summed E-state index contributed by atoms with van der Waals surface area (Å²) in [6.45, 7) is 6.26. The van der Waals surface area contributed by atoms with Crippen molar-refractivity contribution in [2.75, 3.05) is 32.4 Å². The molecule has 2 aliphatic heterocycles. The van der Waals surface area contributed by atoms with Crippen LogP contribution < -0.4 is 5.73 Å². The molecule has 3 N–H and O–H groups in total. The van der Waals surface area contributed by atoms with E-state index in [0.717, 1.165) is 52.8 Å². The Morgan fingerprint density at radius 1 is 1.34 bits per heavy atom. The van der Waals surface area contributed by atoms with E-state index in [1.165, 1.54) is 5.57 Å². The molecule has 0 saturated heterocycles. The van der Waals surface area contributed by atoms with E-state index in [9.17, 15) is 4.79 Å². The van der Waals surface area contributed by atoms with Crippen molar-refractivity contribution in [2.45, 2.75) is 13.0 Å². The zero-order valence-corrected chi connectivity index (χ0v) is 18.0. The first kappa shape index (κ1) is 20.0. The molecule has 32 heavy (non-hydrogen) atoms. The Kier molecular flexibility index (Phi) is 4.80. The zero-order chi connectivity index (χ0) is 22.4. The number of carbonyl (C=O) groups is 1. The maximum absolute atomic E-state index is 13.0. The number of rotatable bonds is 4. The van der Waals surface area contributed by atoms with Gasteiger partial charge < -0.3 is 15.5 Å². The van der Waals surface area contributed by atoms with E-state index in [1.807, 2.05) is 24.3 Å². The van der Waals surface area contributed by atoms with Gasteiger partial charge in [0.2, 0.25) is 0 Å². The third-order valence-corrected chi connectivity index (χ3v) is 6.33. The highest BCUT2D eigenvalue weighted by Gasteiger charge is 2.32. The largest absolute Gasteiger partial charge is 0.398 e. The molecule has 0 spiro atoms. The molecule has 5 rings (SSSR count). The van der Waals surface area contributed by atoms with Crippen molar-refractivity contribution in [1.29, 1.82) is 5.26 Å². The number of H-pyrrole nitrogens is 1. The van der Waals surface area contributed by atoms with Crippen LogP contribution >= 0.6 is 0 Å². The highest BCUT2D eigenvalue weighted by molar-refractivity contribution is 6.05. The SMILES string of the molecule is C=C(C#N)CN1Cc2c(-c3ccc4[nH]nc(C5=CCN(C)CC5)c4c3)ccc(N)c2C1=O. The van der Waals surface area contributed by atoms with E-state index in [2.05, 4.69) is 40.9 Å². The van der Waals surface area contributed by atoms with Gasteiger partial charge in [-0.15, -0.1) is 0 Å². The fourth-order valence-electron chi connectivity index (χ4n) is 4.58. The molecule has 1 amide bonds. The van der Waals surface area contributed by atoms with Crippen LogP contribution in [0.15, 0.2) is 48.6 Å². The highest BCUT2D eigenvalue weighted by atomic mass is 16.2. The van der Waals surface area contributed by atoms with Crippen LogP contribution in [0, 0.1) is 11.3 Å². The van der Waals surface area contributed by atoms with Gasteiger partial charge in [-0.3, -0.25) is 9.89 Å². The second-order valence-electron chi connectivity index (χ2n) is 8.51. The maximum atomic E-state index is 13.0. The lowest BCUT2D eigenvalue weighted by Crippen LogP contribution is -2.26. The molecule has 0 fully saturated rings. The minimum atomic E-state index is -0.155. The average Bonchev–Trinajstić information content (AvgIpc) is 3.36. The van der Waals surface area contributed by atoms with Crippen molar-refractivity contribution in [3.8, 4) is 17.2 Å². The first-order chi connectivity index (χ1) is 15.5. The predicted octanol–water partition coefficient (Wildman–Crippen LogP) is 3.57. The van der Waals surface area contributed by atoms with Gasteiger partial charge in [0.1, 0.15) is 0 Å². The molecule has 3 heterocycles. The van der Waals surface area contributed by atoms with Gasteiger partial charge in [0.15, 0.2) is 0 Å². The molecule has 3 aromatic rings.